The third-order valence-corrected chi connectivity index (χ3v) is 6.79. The summed E-state index contributed by atoms with van der Waals surface area (Å²) in [6.45, 7) is 5.18. The van der Waals surface area contributed by atoms with E-state index in [1.54, 1.807) is 49.7 Å². The molecule has 1 aromatic heterocycles. The molecule has 12 nitrogen and oxygen atoms in total. The van der Waals surface area contributed by atoms with Crippen LogP contribution >= 0.6 is 23.2 Å². The lowest BCUT2D eigenvalue weighted by atomic mass is 10.0. The summed E-state index contributed by atoms with van der Waals surface area (Å²) in [5, 5.41) is 22.0. The van der Waals surface area contributed by atoms with E-state index in [1.807, 2.05) is 20.8 Å². The first-order valence-corrected chi connectivity index (χ1v) is 13.9. The first-order valence-electron chi connectivity index (χ1n) is 13.1. The van der Waals surface area contributed by atoms with E-state index in [4.69, 9.17) is 33.3 Å². The van der Waals surface area contributed by atoms with E-state index in [0.717, 1.165) is 0 Å². The topological polar surface area (TPSA) is 146 Å². The molecule has 222 valence electrons. The highest BCUT2D eigenvalue weighted by atomic mass is 35.5. The van der Waals surface area contributed by atoms with Crippen molar-refractivity contribution < 1.29 is 19.1 Å². The minimum absolute atomic E-state index is 0.155. The van der Waals surface area contributed by atoms with Gasteiger partial charge in [-0.2, -0.15) is 0 Å². The molecule has 42 heavy (non-hydrogen) atoms. The highest BCUT2D eigenvalue weighted by Crippen LogP contribution is 2.30. The summed E-state index contributed by atoms with van der Waals surface area (Å²) >= 11 is 12.2. The Morgan fingerprint density at radius 2 is 1.93 bits per heavy atom. The monoisotopic (exact) mass is 614 g/mol. The Balaban J connectivity index is 1.59. The molecule has 1 aliphatic heterocycles. The summed E-state index contributed by atoms with van der Waals surface area (Å²) in [4.78, 5) is 43.3. The number of benzene rings is 1. The SMILES string of the molecule is CN/C=C1/C=C(NC(=O)C(CCOC(C)(C)C)N2CC(=O)N(c3cc(Cl)ccc3-n3cc(Cl)nn3)CC2=O)C=CC1=N. The lowest BCUT2D eigenvalue weighted by molar-refractivity contribution is -0.146. The van der Waals surface area contributed by atoms with Crippen molar-refractivity contribution in [2.45, 2.75) is 38.8 Å². The number of amides is 3. The molecule has 0 spiro atoms. The van der Waals surface area contributed by atoms with Gasteiger partial charge in [-0.15, -0.1) is 5.10 Å². The van der Waals surface area contributed by atoms with E-state index >= 15 is 0 Å². The van der Waals surface area contributed by atoms with Crippen molar-refractivity contribution in [2.24, 2.45) is 0 Å². The van der Waals surface area contributed by atoms with Crippen LogP contribution in [0.4, 0.5) is 5.69 Å². The molecule has 1 aliphatic carbocycles. The number of allylic oxidation sites excluding steroid dienone is 4. The fraction of sp³-hybridized carbons (Fsp3) is 0.357. The van der Waals surface area contributed by atoms with Crippen molar-refractivity contribution in [3.05, 3.63) is 70.3 Å². The van der Waals surface area contributed by atoms with Crippen LogP contribution in [0.3, 0.4) is 0 Å². The average molecular weight is 616 g/mol. The standard InChI is InChI=1S/C28H32Cl2N8O4/c1-28(2,3)42-10-9-22(27(41)33-19-6-7-20(31)17(11-19)13-32-4)36-15-26(40)37(16-25(36)39)23-12-18(29)5-8-21(23)38-14-24(30)34-35-38/h5-8,11-14,22,31-32H,9-10,15-16H2,1-4H3,(H,33,41)/b17-13-,31-20?. The third kappa shape index (κ3) is 7.44. The maximum absolute atomic E-state index is 13.6. The van der Waals surface area contributed by atoms with Crippen molar-refractivity contribution >= 4 is 52.3 Å². The van der Waals surface area contributed by atoms with Crippen LogP contribution in [0.15, 0.2) is 60.1 Å². The van der Waals surface area contributed by atoms with E-state index in [-0.39, 0.29) is 37.0 Å². The van der Waals surface area contributed by atoms with Gasteiger partial charge < -0.3 is 25.7 Å². The number of carbonyl (C=O) groups excluding carboxylic acids is 3. The Hall–Kier alpha value is -4.00. The molecule has 0 bridgehead atoms. The molecule has 3 N–H and O–H groups in total. The second-order valence-corrected chi connectivity index (χ2v) is 11.4. The second kappa shape index (κ2) is 12.9. The summed E-state index contributed by atoms with van der Waals surface area (Å²) in [6, 6.07) is 3.84. The number of nitrogens with one attached hydrogen (secondary N) is 3. The van der Waals surface area contributed by atoms with Gasteiger partial charge in [-0.1, -0.05) is 28.4 Å². The number of rotatable bonds is 9. The maximum Gasteiger partial charge on any atom is 0.247 e. The van der Waals surface area contributed by atoms with Gasteiger partial charge >= 0.3 is 0 Å². The fourth-order valence-electron chi connectivity index (χ4n) is 4.45. The van der Waals surface area contributed by atoms with Gasteiger partial charge in [-0.05, 0) is 57.2 Å². The molecule has 0 radical (unpaired) electrons. The van der Waals surface area contributed by atoms with Crippen LogP contribution in [-0.4, -0.2) is 81.7 Å². The molecule has 1 saturated heterocycles. The molecule has 14 heteroatoms. The van der Waals surface area contributed by atoms with Crippen LogP contribution in [0.5, 0.6) is 0 Å². The number of piperazine rings is 1. The van der Waals surface area contributed by atoms with Gasteiger partial charge in [0.25, 0.3) is 0 Å². The van der Waals surface area contributed by atoms with E-state index in [1.165, 1.54) is 20.7 Å². The molecule has 2 aromatic rings. The van der Waals surface area contributed by atoms with Gasteiger partial charge in [-0.3, -0.25) is 19.3 Å². The van der Waals surface area contributed by atoms with Crippen LogP contribution in [0.2, 0.25) is 10.2 Å². The summed E-state index contributed by atoms with van der Waals surface area (Å²) in [5.74, 6) is -1.32. The lowest BCUT2D eigenvalue weighted by Crippen LogP contribution is -2.60. The first-order chi connectivity index (χ1) is 19.9. The first kappa shape index (κ1) is 30.9. The molecule has 1 atom stereocenters. The van der Waals surface area contributed by atoms with Crippen LogP contribution in [-0.2, 0) is 19.1 Å². The van der Waals surface area contributed by atoms with Gasteiger partial charge in [0, 0.05) is 42.6 Å². The smallest absolute Gasteiger partial charge is 0.247 e. The summed E-state index contributed by atoms with van der Waals surface area (Å²) < 4.78 is 7.25. The molecular formula is C28H32Cl2N8O4. The number of anilines is 1. The van der Waals surface area contributed by atoms with E-state index in [9.17, 15) is 14.4 Å². The number of nitrogens with zero attached hydrogens (tertiary/aromatic N) is 5. The molecule has 0 saturated carbocycles. The van der Waals surface area contributed by atoms with E-state index < -0.39 is 29.4 Å². The largest absolute Gasteiger partial charge is 0.393 e. The summed E-state index contributed by atoms with van der Waals surface area (Å²) in [6.07, 6.45) is 8.10. The second-order valence-electron chi connectivity index (χ2n) is 10.6. The van der Waals surface area contributed by atoms with Crippen molar-refractivity contribution in [3.8, 4) is 5.69 Å². The van der Waals surface area contributed by atoms with E-state index in [2.05, 4.69) is 20.9 Å². The number of carbonyl (C=O) groups is 3. The Morgan fingerprint density at radius 1 is 1.17 bits per heavy atom. The predicted molar refractivity (Wildman–Crippen MR) is 160 cm³/mol. The molecule has 2 aliphatic rings. The fourth-order valence-corrected chi connectivity index (χ4v) is 4.74. The minimum atomic E-state index is -0.994. The zero-order valence-corrected chi connectivity index (χ0v) is 25.2. The average Bonchev–Trinajstić information content (AvgIpc) is 3.35. The maximum atomic E-state index is 13.6. The third-order valence-electron chi connectivity index (χ3n) is 6.39. The summed E-state index contributed by atoms with van der Waals surface area (Å²) in [7, 11) is 1.71. The molecule has 2 heterocycles. The number of hydrogen-bond donors (Lipinski definition) is 3. The van der Waals surface area contributed by atoms with Gasteiger partial charge in [0.05, 0.1) is 28.9 Å². The Labute approximate surface area is 253 Å². The Morgan fingerprint density at radius 3 is 2.60 bits per heavy atom. The van der Waals surface area contributed by atoms with Crippen LogP contribution in [0, 0.1) is 5.41 Å². The number of hydrogen-bond acceptors (Lipinski definition) is 8. The van der Waals surface area contributed by atoms with Gasteiger partial charge in [-0.25, -0.2) is 4.68 Å². The van der Waals surface area contributed by atoms with Crippen LogP contribution < -0.4 is 15.5 Å². The lowest BCUT2D eigenvalue weighted by Gasteiger charge is -2.38. The highest BCUT2D eigenvalue weighted by molar-refractivity contribution is 6.31. The van der Waals surface area contributed by atoms with Gasteiger partial charge in [0.15, 0.2) is 5.15 Å². The summed E-state index contributed by atoms with van der Waals surface area (Å²) in [5.41, 5.74) is 1.65. The molecule has 4 rings (SSSR count). The molecular weight excluding hydrogens is 583 g/mol. The Kier molecular flexibility index (Phi) is 9.50. The molecule has 1 aromatic carbocycles. The van der Waals surface area contributed by atoms with Gasteiger partial charge in [0.2, 0.25) is 17.7 Å². The molecule has 1 unspecified atom stereocenters. The zero-order chi connectivity index (χ0) is 30.6. The van der Waals surface area contributed by atoms with Gasteiger partial charge in [0.1, 0.15) is 19.1 Å². The predicted octanol–water partition coefficient (Wildman–Crippen LogP) is 3.02. The van der Waals surface area contributed by atoms with Crippen LogP contribution in [0.1, 0.15) is 27.2 Å². The van der Waals surface area contributed by atoms with Crippen molar-refractivity contribution in [3.63, 3.8) is 0 Å². The Bertz CT molecular complexity index is 1490. The van der Waals surface area contributed by atoms with Crippen LogP contribution in [0.25, 0.3) is 5.69 Å². The zero-order valence-electron chi connectivity index (χ0n) is 23.6. The minimum Gasteiger partial charge on any atom is -0.393 e. The normalized spacial score (nSPS) is 17.5. The molecule has 3 amide bonds. The number of aromatic nitrogens is 3. The molecule has 1 fully saturated rings. The van der Waals surface area contributed by atoms with E-state index in [0.29, 0.717) is 27.7 Å². The highest BCUT2D eigenvalue weighted by Gasteiger charge is 2.39. The van der Waals surface area contributed by atoms with Crippen molar-refractivity contribution in [1.29, 1.82) is 5.41 Å². The number of halogens is 2. The van der Waals surface area contributed by atoms with Crippen molar-refractivity contribution in [1.82, 2.24) is 30.5 Å². The van der Waals surface area contributed by atoms with Crippen molar-refractivity contribution in [2.75, 3.05) is 31.6 Å². The quantitative estimate of drug-likeness (QED) is 0.393. The number of ether oxygens (including phenoxy) is 1.